The first-order valence-corrected chi connectivity index (χ1v) is 6.79. The molecule has 2 N–H and O–H groups in total. The highest BCUT2D eigenvalue weighted by Gasteiger charge is 2.03. The number of hydrogen-bond donors (Lipinski definition) is 1. The summed E-state index contributed by atoms with van der Waals surface area (Å²) < 4.78 is 5.72. The minimum Gasteiger partial charge on any atom is -0.489 e. The van der Waals surface area contributed by atoms with Gasteiger partial charge in [-0.2, -0.15) is 0 Å². The summed E-state index contributed by atoms with van der Waals surface area (Å²) in [4.78, 5) is 0. The zero-order chi connectivity index (χ0) is 13.7. The third-order valence-electron chi connectivity index (χ3n) is 3.07. The van der Waals surface area contributed by atoms with Gasteiger partial charge in [0.1, 0.15) is 12.4 Å². The lowest BCUT2D eigenvalue weighted by atomic mass is 10.1. The summed E-state index contributed by atoms with van der Waals surface area (Å²) in [5, 5.41) is 0.738. The molecule has 0 spiro atoms. The van der Waals surface area contributed by atoms with Crippen molar-refractivity contribution in [1.29, 1.82) is 0 Å². The van der Waals surface area contributed by atoms with Crippen LogP contribution in [-0.2, 0) is 6.61 Å². The van der Waals surface area contributed by atoms with Crippen molar-refractivity contribution in [2.24, 2.45) is 5.73 Å². The summed E-state index contributed by atoms with van der Waals surface area (Å²) in [6.45, 7) is 2.62. The van der Waals surface area contributed by atoms with Crippen LogP contribution < -0.4 is 10.5 Å². The van der Waals surface area contributed by atoms with E-state index in [0.717, 1.165) is 28.3 Å². The quantitative estimate of drug-likeness (QED) is 0.881. The first-order chi connectivity index (χ1) is 9.19. The van der Waals surface area contributed by atoms with Gasteiger partial charge in [0, 0.05) is 11.1 Å². The van der Waals surface area contributed by atoms with Gasteiger partial charge in [0.2, 0.25) is 0 Å². The summed E-state index contributed by atoms with van der Waals surface area (Å²) in [7, 11) is 0. The number of nitrogens with two attached hydrogens (primary N) is 1. The molecule has 0 heterocycles. The van der Waals surface area contributed by atoms with Crippen LogP contribution in [0.3, 0.4) is 0 Å². The molecule has 1 atom stereocenters. The Morgan fingerprint density at radius 3 is 2.26 bits per heavy atom. The average molecular weight is 276 g/mol. The Morgan fingerprint density at radius 1 is 1.05 bits per heavy atom. The molecule has 2 nitrogen and oxygen atoms in total. The SMILES string of the molecule is CCC(N)c1ccc(OCc2ccc(Cl)cc2)cc1. The lowest BCUT2D eigenvalue weighted by molar-refractivity contribution is 0.306. The second kappa shape index (κ2) is 6.60. The Kier molecular flexibility index (Phi) is 4.83. The van der Waals surface area contributed by atoms with Crippen LogP contribution in [0.5, 0.6) is 5.75 Å². The van der Waals surface area contributed by atoms with E-state index in [1.807, 2.05) is 48.5 Å². The third-order valence-corrected chi connectivity index (χ3v) is 3.32. The van der Waals surface area contributed by atoms with Crippen molar-refractivity contribution in [3.63, 3.8) is 0 Å². The van der Waals surface area contributed by atoms with E-state index in [4.69, 9.17) is 22.1 Å². The van der Waals surface area contributed by atoms with Crippen molar-refractivity contribution in [2.75, 3.05) is 0 Å². The number of benzene rings is 2. The van der Waals surface area contributed by atoms with Gasteiger partial charge in [-0.1, -0.05) is 42.8 Å². The predicted molar refractivity (Wildman–Crippen MR) is 79.4 cm³/mol. The molecule has 0 amide bonds. The second-order valence-corrected chi connectivity index (χ2v) is 4.94. The van der Waals surface area contributed by atoms with E-state index in [-0.39, 0.29) is 6.04 Å². The molecule has 0 fully saturated rings. The zero-order valence-corrected chi connectivity index (χ0v) is 11.7. The minimum atomic E-state index is 0.102. The highest BCUT2D eigenvalue weighted by atomic mass is 35.5. The van der Waals surface area contributed by atoms with E-state index < -0.39 is 0 Å². The van der Waals surface area contributed by atoms with Gasteiger partial charge in [0.15, 0.2) is 0 Å². The Morgan fingerprint density at radius 2 is 1.68 bits per heavy atom. The zero-order valence-electron chi connectivity index (χ0n) is 11.0. The largest absolute Gasteiger partial charge is 0.489 e. The number of hydrogen-bond acceptors (Lipinski definition) is 2. The summed E-state index contributed by atoms with van der Waals surface area (Å²) >= 11 is 5.84. The van der Waals surface area contributed by atoms with Crippen LogP contribution in [0.15, 0.2) is 48.5 Å². The van der Waals surface area contributed by atoms with Crippen LogP contribution in [0.25, 0.3) is 0 Å². The Labute approximate surface area is 119 Å². The van der Waals surface area contributed by atoms with Gasteiger partial charge < -0.3 is 10.5 Å². The fourth-order valence-corrected chi connectivity index (χ4v) is 1.92. The smallest absolute Gasteiger partial charge is 0.119 e. The third kappa shape index (κ3) is 3.98. The number of halogens is 1. The molecule has 2 aromatic rings. The Balaban J connectivity index is 1.94. The molecule has 0 aliphatic carbocycles. The second-order valence-electron chi connectivity index (χ2n) is 4.50. The Hall–Kier alpha value is -1.51. The van der Waals surface area contributed by atoms with Crippen LogP contribution in [0.2, 0.25) is 5.02 Å². The van der Waals surface area contributed by atoms with Gasteiger partial charge in [-0.3, -0.25) is 0 Å². The summed E-state index contributed by atoms with van der Waals surface area (Å²) in [5.41, 5.74) is 8.21. The molecule has 2 aromatic carbocycles. The molecule has 2 rings (SSSR count). The fourth-order valence-electron chi connectivity index (χ4n) is 1.79. The molecular weight excluding hydrogens is 258 g/mol. The first kappa shape index (κ1) is 13.9. The van der Waals surface area contributed by atoms with Crippen molar-refractivity contribution >= 4 is 11.6 Å². The van der Waals surface area contributed by atoms with E-state index in [1.165, 1.54) is 0 Å². The molecule has 0 radical (unpaired) electrons. The number of ether oxygens (including phenoxy) is 1. The maximum absolute atomic E-state index is 5.97. The molecule has 0 bridgehead atoms. The molecule has 3 heteroatoms. The normalized spacial score (nSPS) is 12.2. The van der Waals surface area contributed by atoms with Gasteiger partial charge in [0.25, 0.3) is 0 Å². The standard InChI is InChI=1S/C16H18ClNO/c1-2-16(18)13-5-9-15(10-6-13)19-11-12-3-7-14(17)8-4-12/h3-10,16H,2,11,18H2,1H3. The van der Waals surface area contributed by atoms with Gasteiger partial charge in [0.05, 0.1) is 0 Å². The average Bonchev–Trinajstić information content (AvgIpc) is 2.46. The summed E-state index contributed by atoms with van der Waals surface area (Å²) in [6, 6.07) is 15.7. The van der Waals surface area contributed by atoms with Crippen molar-refractivity contribution in [3.05, 3.63) is 64.7 Å². The molecule has 0 aliphatic rings. The van der Waals surface area contributed by atoms with Crippen molar-refractivity contribution in [1.82, 2.24) is 0 Å². The van der Waals surface area contributed by atoms with E-state index in [1.54, 1.807) is 0 Å². The Bertz CT molecular complexity index is 507. The highest BCUT2D eigenvalue weighted by Crippen LogP contribution is 2.19. The van der Waals surface area contributed by atoms with Crippen LogP contribution in [0.4, 0.5) is 0 Å². The monoisotopic (exact) mass is 275 g/mol. The topological polar surface area (TPSA) is 35.2 Å². The van der Waals surface area contributed by atoms with E-state index in [2.05, 4.69) is 6.92 Å². The van der Waals surface area contributed by atoms with Crippen LogP contribution in [-0.4, -0.2) is 0 Å². The van der Waals surface area contributed by atoms with E-state index >= 15 is 0 Å². The molecule has 100 valence electrons. The maximum atomic E-state index is 5.97. The first-order valence-electron chi connectivity index (χ1n) is 6.42. The van der Waals surface area contributed by atoms with Gasteiger partial charge in [-0.15, -0.1) is 0 Å². The van der Waals surface area contributed by atoms with Gasteiger partial charge in [-0.25, -0.2) is 0 Å². The van der Waals surface area contributed by atoms with E-state index in [9.17, 15) is 0 Å². The molecule has 0 aromatic heterocycles. The summed E-state index contributed by atoms with van der Waals surface area (Å²) in [6.07, 6.45) is 0.935. The van der Waals surface area contributed by atoms with Crippen LogP contribution >= 0.6 is 11.6 Å². The fraction of sp³-hybridized carbons (Fsp3) is 0.250. The number of rotatable bonds is 5. The molecule has 0 aliphatic heterocycles. The minimum absolute atomic E-state index is 0.102. The maximum Gasteiger partial charge on any atom is 0.119 e. The molecule has 19 heavy (non-hydrogen) atoms. The van der Waals surface area contributed by atoms with Crippen molar-refractivity contribution < 1.29 is 4.74 Å². The van der Waals surface area contributed by atoms with Crippen LogP contribution in [0, 0.1) is 0 Å². The lowest BCUT2D eigenvalue weighted by Crippen LogP contribution is -2.08. The van der Waals surface area contributed by atoms with Crippen molar-refractivity contribution in [2.45, 2.75) is 26.0 Å². The molecule has 0 saturated carbocycles. The predicted octanol–water partition coefficient (Wildman–Crippen LogP) is 4.33. The van der Waals surface area contributed by atoms with Gasteiger partial charge >= 0.3 is 0 Å². The van der Waals surface area contributed by atoms with Crippen molar-refractivity contribution in [3.8, 4) is 5.75 Å². The summed E-state index contributed by atoms with van der Waals surface area (Å²) in [5.74, 6) is 0.849. The van der Waals surface area contributed by atoms with E-state index in [0.29, 0.717) is 6.61 Å². The lowest BCUT2D eigenvalue weighted by Gasteiger charge is -2.11. The molecular formula is C16H18ClNO. The van der Waals surface area contributed by atoms with Crippen LogP contribution in [0.1, 0.15) is 30.5 Å². The molecule has 0 saturated heterocycles. The van der Waals surface area contributed by atoms with Gasteiger partial charge in [-0.05, 0) is 41.8 Å². The molecule has 1 unspecified atom stereocenters. The highest BCUT2D eigenvalue weighted by molar-refractivity contribution is 6.30.